The number of carbonyl (C=O) groups excluding carboxylic acids is 5. The standard InChI is InChI=1S/C36H35ClFN9O5S/c1-18-5-4-6-24(37)31(18)44-33(50)27-16-39-36(53-27)42-28-15-29(41-19(2)40-28)46-11-9-21(10-12-46)45(3)17-20-13-22-23(14-25(20)38)35(52)47(34(22)51)26-7-8-30(48)43-32(26)49/h4-6,13-16,21,26H,7-12,17H2,1-3H3,(H,44,50)(H,43,48,49)(H,39,40,41,42). The number of piperidine rings is 2. The topological polar surface area (TPSA) is 170 Å². The van der Waals surface area contributed by atoms with Gasteiger partial charge in [-0.1, -0.05) is 35.1 Å². The number of imide groups is 2. The molecule has 274 valence electrons. The van der Waals surface area contributed by atoms with Crippen molar-refractivity contribution in [3.63, 3.8) is 0 Å². The maximum absolute atomic E-state index is 15.4. The van der Waals surface area contributed by atoms with Gasteiger partial charge in [-0.2, -0.15) is 0 Å². The largest absolute Gasteiger partial charge is 0.356 e. The summed E-state index contributed by atoms with van der Waals surface area (Å²) in [5.41, 5.74) is 1.63. The van der Waals surface area contributed by atoms with Crippen LogP contribution in [-0.2, 0) is 16.1 Å². The Kier molecular flexibility index (Phi) is 9.93. The molecular formula is C36H35ClFN9O5S. The Hall–Kier alpha value is -5.32. The smallest absolute Gasteiger partial charge is 0.267 e. The van der Waals surface area contributed by atoms with Crippen molar-refractivity contribution in [2.24, 2.45) is 0 Å². The summed E-state index contributed by atoms with van der Waals surface area (Å²) >= 11 is 7.46. The zero-order valence-electron chi connectivity index (χ0n) is 29.0. The van der Waals surface area contributed by atoms with Crippen molar-refractivity contribution in [1.29, 1.82) is 0 Å². The highest BCUT2D eigenvalue weighted by molar-refractivity contribution is 7.17. The molecule has 1 atom stereocenters. The van der Waals surface area contributed by atoms with Crippen LogP contribution < -0.4 is 20.9 Å². The highest BCUT2D eigenvalue weighted by atomic mass is 35.5. The van der Waals surface area contributed by atoms with E-state index in [1.54, 1.807) is 13.0 Å². The number of fused-ring (bicyclic) bond motifs is 1. The lowest BCUT2D eigenvalue weighted by molar-refractivity contribution is -0.136. The third kappa shape index (κ3) is 7.34. The lowest BCUT2D eigenvalue weighted by Gasteiger charge is -2.37. The Morgan fingerprint density at radius 2 is 1.79 bits per heavy atom. The second kappa shape index (κ2) is 14.6. The Balaban J connectivity index is 0.963. The molecule has 1 unspecified atom stereocenters. The van der Waals surface area contributed by atoms with Gasteiger partial charge < -0.3 is 15.5 Å². The summed E-state index contributed by atoms with van der Waals surface area (Å²) in [4.78, 5) is 82.2. The molecular weight excluding hydrogens is 725 g/mol. The number of aryl methyl sites for hydroxylation is 2. The molecule has 0 spiro atoms. The summed E-state index contributed by atoms with van der Waals surface area (Å²) in [5.74, 6) is -1.70. The molecule has 14 nitrogen and oxygen atoms in total. The molecule has 4 aromatic rings. The number of halogens is 2. The van der Waals surface area contributed by atoms with Crippen molar-refractivity contribution in [3.8, 4) is 0 Å². The minimum absolute atomic E-state index is 0.00290. The summed E-state index contributed by atoms with van der Waals surface area (Å²) < 4.78 is 15.4. The van der Waals surface area contributed by atoms with Crippen molar-refractivity contribution in [3.05, 3.63) is 86.4 Å². The van der Waals surface area contributed by atoms with Gasteiger partial charge in [-0.3, -0.25) is 39.1 Å². The number of para-hydroxylation sites is 1. The molecule has 7 rings (SSSR count). The van der Waals surface area contributed by atoms with Crippen molar-refractivity contribution in [1.82, 2.24) is 30.1 Å². The average molecular weight is 760 g/mol. The first-order valence-electron chi connectivity index (χ1n) is 17.0. The van der Waals surface area contributed by atoms with Crippen LogP contribution in [0.3, 0.4) is 0 Å². The van der Waals surface area contributed by atoms with E-state index >= 15 is 4.39 Å². The number of thiazole rings is 1. The summed E-state index contributed by atoms with van der Waals surface area (Å²) in [7, 11) is 1.89. The van der Waals surface area contributed by atoms with E-state index < -0.39 is 35.5 Å². The Labute approximate surface area is 312 Å². The number of aromatic nitrogens is 3. The normalized spacial score (nSPS) is 17.7. The van der Waals surface area contributed by atoms with Crippen LogP contribution in [0.15, 0.2) is 42.6 Å². The van der Waals surface area contributed by atoms with Crippen molar-refractivity contribution >= 4 is 74.9 Å². The SMILES string of the molecule is Cc1nc(Nc2ncc(C(=O)Nc3c(C)cccc3Cl)s2)cc(N2CCC(N(C)Cc3cc4c(cc3F)C(=O)N(C3CCC(=O)NC3=O)C4=O)CC2)n1. The molecule has 2 aromatic heterocycles. The van der Waals surface area contributed by atoms with Crippen molar-refractivity contribution in [2.75, 3.05) is 35.7 Å². The molecule has 3 aliphatic heterocycles. The van der Waals surface area contributed by atoms with Crippen LogP contribution in [0.5, 0.6) is 0 Å². The number of benzene rings is 2. The first-order chi connectivity index (χ1) is 25.4. The molecule has 17 heteroatoms. The van der Waals surface area contributed by atoms with E-state index in [2.05, 4.69) is 35.8 Å². The molecule has 0 radical (unpaired) electrons. The van der Waals surface area contributed by atoms with Gasteiger partial charge in [0.2, 0.25) is 11.8 Å². The molecule has 5 amide bonds. The monoisotopic (exact) mass is 759 g/mol. The number of anilines is 4. The maximum atomic E-state index is 15.4. The van der Waals surface area contributed by atoms with Crippen LogP contribution in [0.2, 0.25) is 5.02 Å². The van der Waals surface area contributed by atoms with Gasteiger partial charge in [0.25, 0.3) is 17.7 Å². The number of rotatable bonds is 9. The van der Waals surface area contributed by atoms with Crippen LogP contribution in [0.1, 0.15) is 73.0 Å². The molecule has 0 bridgehead atoms. The third-order valence-electron chi connectivity index (χ3n) is 9.69. The van der Waals surface area contributed by atoms with Gasteiger partial charge in [0, 0.05) is 43.7 Å². The van der Waals surface area contributed by atoms with Gasteiger partial charge in [0.15, 0.2) is 5.13 Å². The zero-order chi connectivity index (χ0) is 37.6. The zero-order valence-corrected chi connectivity index (χ0v) is 30.6. The minimum Gasteiger partial charge on any atom is -0.356 e. The summed E-state index contributed by atoms with van der Waals surface area (Å²) in [5, 5.41) is 9.16. The molecule has 0 aliphatic carbocycles. The van der Waals surface area contributed by atoms with Crippen LogP contribution in [-0.4, -0.2) is 86.5 Å². The van der Waals surface area contributed by atoms with Crippen molar-refractivity contribution < 1.29 is 28.4 Å². The second-order valence-corrected chi connectivity index (χ2v) is 14.7. The van der Waals surface area contributed by atoms with Crippen LogP contribution in [0.4, 0.5) is 26.8 Å². The fourth-order valence-electron chi connectivity index (χ4n) is 6.88. The van der Waals surface area contributed by atoms with Gasteiger partial charge in [-0.05, 0) is 63.9 Å². The molecule has 2 saturated heterocycles. The van der Waals surface area contributed by atoms with Crippen LogP contribution in [0, 0.1) is 19.7 Å². The molecule has 2 aromatic carbocycles. The average Bonchev–Trinajstić information content (AvgIpc) is 3.68. The fourth-order valence-corrected chi connectivity index (χ4v) is 7.87. The minimum atomic E-state index is -1.12. The Bertz CT molecular complexity index is 2150. The second-order valence-electron chi connectivity index (χ2n) is 13.3. The lowest BCUT2D eigenvalue weighted by atomic mass is 10.0. The predicted molar refractivity (Wildman–Crippen MR) is 196 cm³/mol. The molecule has 53 heavy (non-hydrogen) atoms. The van der Waals surface area contributed by atoms with E-state index in [0.29, 0.717) is 45.5 Å². The summed E-state index contributed by atoms with van der Waals surface area (Å²) in [6.07, 6.45) is 3.03. The van der Waals surface area contributed by atoms with E-state index in [1.165, 1.54) is 23.6 Å². The summed E-state index contributed by atoms with van der Waals surface area (Å²) in [6.45, 7) is 5.22. The quantitative estimate of drug-likeness (QED) is 0.200. The molecule has 0 saturated carbocycles. The Morgan fingerprint density at radius 3 is 2.51 bits per heavy atom. The van der Waals surface area contributed by atoms with E-state index in [9.17, 15) is 24.0 Å². The number of nitrogens with one attached hydrogen (secondary N) is 3. The molecule has 5 heterocycles. The first kappa shape index (κ1) is 36.1. The van der Waals surface area contributed by atoms with Crippen LogP contribution in [0.25, 0.3) is 0 Å². The summed E-state index contributed by atoms with van der Waals surface area (Å²) in [6, 6.07) is 8.69. The van der Waals surface area contributed by atoms with Gasteiger partial charge >= 0.3 is 0 Å². The van der Waals surface area contributed by atoms with Gasteiger partial charge in [0.05, 0.1) is 28.0 Å². The molecule has 2 fully saturated rings. The van der Waals surface area contributed by atoms with Crippen LogP contribution >= 0.6 is 22.9 Å². The maximum Gasteiger partial charge on any atom is 0.267 e. The fraction of sp³-hybridized carbons (Fsp3) is 0.333. The van der Waals surface area contributed by atoms with E-state index in [-0.39, 0.29) is 48.0 Å². The first-order valence-corrected chi connectivity index (χ1v) is 18.2. The van der Waals surface area contributed by atoms with Crippen molar-refractivity contribution in [2.45, 2.75) is 58.2 Å². The molecule has 3 N–H and O–H groups in total. The predicted octanol–water partition coefficient (Wildman–Crippen LogP) is 4.84. The van der Waals surface area contributed by atoms with Gasteiger partial charge in [-0.25, -0.2) is 19.3 Å². The number of nitrogens with zero attached hydrogens (tertiary/aromatic N) is 6. The number of hydrogen-bond donors (Lipinski definition) is 3. The van der Waals surface area contributed by atoms with Gasteiger partial charge in [-0.15, -0.1) is 0 Å². The molecule has 3 aliphatic rings. The van der Waals surface area contributed by atoms with E-state index in [0.717, 1.165) is 35.2 Å². The number of hydrogen-bond acceptors (Lipinski definition) is 12. The Morgan fingerprint density at radius 1 is 1.06 bits per heavy atom. The van der Waals surface area contributed by atoms with E-state index in [1.807, 2.05) is 37.1 Å². The number of carbonyl (C=O) groups is 5. The highest BCUT2D eigenvalue weighted by Crippen LogP contribution is 2.32. The third-order valence-corrected chi connectivity index (χ3v) is 10.9. The highest BCUT2D eigenvalue weighted by Gasteiger charge is 2.45. The lowest BCUT2D eigenvalue weighted by Crippen LogP contribution is -2.54. The van der Waals surface area contributed by atoms with Gasteiger partial charge in [0.1, 0.15) is 34.2 Å². The van der Waals surface area contributed by atoms with E-state index in [4.69, 9.17) is 11.6 Å². The number of amides is 5.